The second kappa shape index (κ2) is 7.04. The van der Waals surface area contributed by atoms with Gasteiger partial charge in [-0.1, -0.05) is 43.7 Å². The minimum Gasteiger partial charge on any atom is -0.349 e. The summed E-state index contributed by atoms with van der Waals surface area (Å²) < 4.78 is 0. The predicted octanol–water partition coefficient (Wildman–Crippen LogP) is 2.65. The van der Waals surface area contributed by atoms with Gasteiger partial charge in [0.15, 0.2) is 0 Å². The van der Waals surface area contributed by atoms with Crippen molar-refractivity contribution in [2.75, 3.05) is 14.1 Å². The lowest BCUT2D eigenvalue weighted by atomic mass is 10.1. The Bertz CT molecular complexity index is 288. The molecule has 0 unspecified atom stereocenters. The highest BCUT2D eigenvalue weighted by molar-refractivity contribution is 5.78. The van der Waals surface area contributed by atoms with Crippen molar-refractivity contribution in [3.63, 3.8) is 0 Å². The minimum absolute atomic E-state index is 0.142. The molecular formula is C13H21NO. The van der Waals surface area contributed by atoms with Crippen molar-refractivity contribution in [3.05, 3.63) is 35.4 Å². The molecule has 0 heterocycles. The summed E-state index contributed by atoms with van der Waals surface area (Å²) in [7, 11) is 3.55. The quantitative estimate of drug-likeness (QED) is 0.730. The summed E-state index contributed by atoms with van der Waals surface area (Å²) in [5, 5.41) is 0. The van der Waals surface area contributed by atoms with E-state index in [1.165, 1.54) is 5.56 Å². The second-order valence-corrected chi connectivity index (χ2v) is 3.45. The van der Waals surface area contributed by atoms with E-state index in [1.54, 1.807) is 19.0 Å². The van der Waals surface area contributed by atoms with E-state index in [4.69, 9.17) is 0 Å². The largest absolute Gasteiger partial charge is 0.349 e. The zero-order valence-corrected chi connectivity index (χ0v) is 10.4. The third-order valence-electron chi connectivity index (χ3n) is 1.97. The molecule has 0 fully saturated rings. The number of hydrogen-bond acceptors (Lipinski definition) is 1. The number of likely N-dealkylation sites (N-methyl/N-ethyl adjacent to an activating group) is 1. The number of hydrogen-bond donors (Lipinski definition) is 0. The van der Waals surface area contributed by atoms with Gasteiger partial charge in [-0.2, -0.15) is 0 Å². The highest BCUT2D eigenvalue weighted by Crippen LogP contribution is 2.04. The molecule has 0 spiro atoms. The first-order valence-corrected chi connectivity index (χ1v) is 5.35. The fourth-order valence-electron chi connectivity index (χ4n) is 1.04. The predicted molar refractivity (Wildman–Crippen MR) is 64.9 cm³/mol. The normalized spacial score (nSPS) is 8.87. The molecule has 0 saturated heterocycles. The lowest BCUT2D eigenvalue weighted by molar-refractivity contribution is -0.127. The SMILES string of the molecule is CC.Cc1ccc(CC(=O)N(C)C)cc1. The average Bonchev–Trinajstić information content (AvgIpc) is 2.24. The maximum atomic E-state index is 11.3. The Morgan fingerprint density at radius 1 is 1.13 bits per heavy atom. The number of rotatable bonds is 2. The molecule has 0 aliphatic heterocycles. The van der Waals surface area contributed by atoms with E-state index in [9.17, 15) is 4.79 Å². The highest BCUT2D eigenvalue weighted by atomic mass is 16.2. The first-order valence-electron chi connectivity index (χ1n) is 5.35. The summed E-state index contributed by atoms with van der Waals surface area (Å²) in [5.74, 6) is 0.142. The van der Waals surface area contributed by atoms with Crippen LogP contribution in [0, 0.1) is 6.92 Å². The molecule has 0 radical (unpaired) electrons. The van der Waals surface area contributed by atoms with Crippen LogP contribution in [0.25, 0.3) is 0 Å². The van der Waals surface area contributed by atoms with Crippen molar-refractivity contribution in [2.45, 2.75) is 27.2 Å². The van der Waals surface area contributed by atoms with Crippen LogP contribution < -0.4 is 0 Å². The lowest BCUT2D eigenvalue weighted by Crippen LogP contribution is -2.23. The maximum Gasteiger partial charge on any atom is 0.226 e. The first kappa shape index (κ1) is 13.7. The number of nitrogens with zero attached hydrogens (tertiary/aromatic N) is 1. The Balaban J connectivity index is 0.000000921. The molecule has 0 N–H and O–H groups in total. The monoisotopic (exact) mass is 207 g/mol. The fourth-order valence-corrected chi connectivity index (χ4v) is 1.04. The van der Waals surface area contributed by atoms with Crippen LogP contribution in [-0.2, 0) is 11.2 Å². The van der Waals surface area contributed by atoms with Crippen LogP contribution in [0.1, 0.15) is 25.0 Å². The first-order chi connectivity index (χ1) is 7.09. The Hall–Kier alpha value is -1.31. The van der Waals surface area contributed by atoms with Gasteiger partial charge in [0.05, 0.1) is 6.42 Å². The molecule has 1 aromatic rings. The van der Waals surface area contributed by atoms with Crippen LogP contribution >= 0.6 is 0 Å². The highest BCUT2D eigenvalue weighted by Gasteiger charge is 2.04. The fraction of sp³-hybridized carbons (Fsp3) is 0.462. The average molecular weight is 207 g/mol. The van der Waals surface area contributed by atoms with Crippen molar-refractivity contribution in [1.29, 1.82) is 0 Å². The summed E-state index contributed by atoms with van der Waals surface area (Å²) in [6.45, 7) is 6.04. The van der Waals surface area contributed by atoms with E-state index in [2.05, 4.69) is 0 Å². The lowest BCUT2D eigenvalue weighted by Gasteiger charge is -2.09. The third-order valence-corrected chi connectivity index (χ3v) is 1.97. The number of amides is 1. The molecule has 1 rings (SSSR count). The number of benzene rings is 1. The zero-order valence-electron chi connectivity index (χ0n) is 10.4. The Kier molecular flexibility index (Phi) is 6.43. The molecule has 84 valence electrons. The number of aryl methyl sites for hydroxylation is 1. The zero-order chi connectivity index (χ0) is 11.8. The molecule has 0 saturated carbocycles. The van der Waals surface area contributed by atoms with Gasteiger partial charge >= 0.3 is 0 Å². The topological polar surface area (TPSA) is 20.3 Å². The van der Waals surface area contributed by atoms with Crippen LogP contribution in [0.2, 0.25) is 0 Å². The third kappa shape index (κ3) is 5.21. The molecule has 0 atom stereocenters. The van der Waals surface area contributed by atoms with E-state index < -0.39 is 0 Å². The van der Waals surface area contributed by atoms with Crippen LogP contribution in [0.5, 0.6) is 0 Å². The van der Waals surface area contributed by atoms with Crippen LogP contribution in [-0.4, -0.2) is 24.9 Å². The minimum atomic E-state index is 0.142. The molecular weight excluding hydrogens is 186 g/mol. The van der Waals surface area contributed by atoms with Gasteiger partial charge in [0.25, 0.3) is 0 Å². The van der Waals surface area contributed by atoms with Crippen molar-refractivity contribution in [1.82, 2.24) is 4.90 Å². The van der Waals surface area contributed by atoms with E-state index in [1.807, 2.05) is 45.0 Å². The van der Waals surface area contributed by atoms with Gasteiger partial charge in [-0.25, -0.2) is 0 Å². The van der Waals surface area contributed by atoms with Gasteiger partial charge in [-0.3, -0.25) is 4.79 Å². The number of carbonyl (C=O) groups is 1. The molecule has 0 aromatic heterocycles. The van der Waals surface area contributed by atoms with Crippen molar-refractivity contribution in [2.24, 2.45) is 0 Å². The van der Waals surface area contributed by atoms with Gasteiger partial charge in [-0.15, -0.1) is 0 Å². The Morgan fingerprint density at radius 3 is 2.00 bits per heavy atom. The van der Waals surface area contributed by atoms with Gasteiger partial charge < -0.3 is 4.90 Å². The molecule has 1 aromatic carbocycles. The van der Waals surface area contributed by atoms with E-state index in [-0.39, 0.29) is 5.91 Å². The van der Waals surface area contributed by atoms with E-state index in [0.29, 0.717) is 6.42 Å². The van der Waals surface area contributed by atoms with Crippen molar-refractivity contribution < 1.29 is 4.79 Å². The molecule has 1 amide bonds. The summed E-state index contributed by atoms with van der Waals surface area (Å²) >= 11 is 0. The van der Waals surface area contributed by atoms with E-state index >= 15 is 0 Å². The Morgan fingerprint density at radius 2 is 1.60 bits per heavy atom. The van der Waals surface area contributed by atoms with Crippen molar-refractivity contribution in [3.8, 4) is 0 Å². The molecule has 2 nitrogen and oxygen atoms in total. The molecule has 0 aliphatic carbocycles. The molecule has 15 heavy (non-hydrogen) atoms. The summed E-state index contributed by atoms with van der Waals surface area (Å²) in [6, 6.07) is 8.05. The van der Waals surface area contributed by atoms with Gasteiger partial charge in [0.1, 0.15) is 0 Å². The number of carbonyl (C=O) groups excluding carboxylic acids is 1. The maximum absolute atomic E-state index is 11.3. The summed E-state index contributed by atoms with van der Waals surface area (Å²) in [5.41, 5.74) is 2.30. The molecule has 0 aliphatic rings. The second-order valence-electron chi connectivity index (χ2n) is 3.45. The standard InChI is InChI=1S/C11H15NO.C2H6/c1-9-4-6-10(7-5-9)8-11(13)12(2)3;1-2/h4-7H,8H2,1-3H3;1-2H3. The van der Waals surface area contributed by atoms with Gasteiger partial charge in [-0.05, 0) is 12.5 Å². The van der Waals surface area contributed by atoms with Crippen LogP contribution in [0.3, 0.4) is 0 Å². The molecule has 0 bridgehead atoms. The van der Waals surface area contributed by atoms with Gasteiger partial charge in [0.2, 0.25) is 5.91 Å². The van der Waals surface area contributed by atoms with Crippen molar-refractivity contribution >= 4 is 5.91 Å². The Labute approximate surface area is 92.9 Å². The summed E-state index contributed by atoms with van der Waals surface area (Å²) in [4.78, 5) is 12.9. The molecule has 2 heteroatoms. The van der Waals surface area contributed by atoms with Crippen LogP contribution in [0.4, 0.5) is 0 Å². The van der Waals surface area contributed by atoms with Crippen LogP contribution in [0.15, 0.2) is 24.3 Å². The summed E-state index contributed by atoms with van der Waals surface area (Å²) in [6.07, 6.45) is 0.493. The smallest absolute Gasteiger partial charge is 0.226 e. The van der Waals surface area contributed by atoms with Gasteiger partial charge in [0, 0.05) is 14.1 Å². The van der Waals surface area contributed by atoms with E-state index in [0.717, 1.165) is 5.56 Å².